The Kier molecular flexibility index (Phi) is 10.1. The SMILES string of the molecule is CCC(C)C(N/C(=C\Cc1ccccc1)c1ccc(-c2cccc(-c3ccc4c(c3)C(C)(C)c3ccccc3C3=C4c4ccccc4C3(C)C)c2)cc1)c1ccccc1. The molecule has 0 saturated carbocycles. The Morgan fingerprint density at radius 1 is 0.525 bits per heavy atom. The van der Waals surface area contributed by atoms with Crippen molar-refractivity contribution in [3.63, 3.8) is 0 Å². The van der Waals surface area contributed by atoms with E-state index in [4.69, 9.17) is 0 Å². The number of rotatable bonds is 10. The zero-order valence-corrected chi connectivity index (χ0v) is 35.4. The van der Waals surface area contributed by atoms with Crippen LogP contribution in [0.15, 0.2) is 182 Å². The lowest BCUT2D eigenvalue weighted by Gasteiger charge is -2.32. The van der Waals surface area contributed by atoms with Crippen molar-refractivity contribution in [1.29, 1.82) is 0 Å². The summed E-state index contributed by atoms with van der Waals surface area (Å²) in [6.07, 6.45) is 4.32. The second kappa shape index (κ2) is 15.5. The number of nitrogens with one attached hydrogen (secondary N) is 1. The highest BCUT2D eigenvalue weighted by atomic mass is 14.9. The second-order valence-corrected chi connectivity index (χ2v) is 17.7. The molecule has 0 fully saturated rings. The summed E-state index contributed by atoms with van der Waals surface area (Å²) in [6.45, 7) is 14.3. The first-order valence-electron chi connectivity index (χ1n) is 21.5. The average Bonchev–Trinajstić information content (AvgIpc) is 3.47. The third-order valence-electron chi connectivity index (χ3n) is 13.4. The highest BCUT2D eigenvalue weighted by Gasteiger charge is 2.44. The molecule has 0 heterocycles. The minimum absolute atomic E-state index is 0.103. The summed E-state index contributed by atoms with van der Waals surface area (Å²) in [7, 11) is 0. The molecular weight excluding hydrogens is 711 g/mol. The third kappa shape index (κ3) is 6.97. The molecule has 2 aliphatic carbocycles. The zero-order valence-electron chi connectivity index (χ0n) is 35.4. The first kappa shape index (κ1) is 38.3. The Bertz CT molecular complexity index is 2690. The van der Waals surface area contributed by atoms with Crippen LogP contribution in [-0.4, -0.2) is 0 Å². The summed E-state index contributed by atoms with van der Waals surface area (Å²) in [5.41, 5.74) is 20.7. The van der Waals surface area contributed by atoms with E-state index < -0.39 is 0 Å². The van der Waals surface area contributed by atoms with Gasteiger partial charge in [-0.3, -0.25) is 0 Å². The van der Waals surface area contributed by atoms with Crippen molar-refractivity contribution in [3.8, 4) is 22.3 Å². The molecular formula is C58H55N. The van der Waals surface area contributed by atoms with Gasteiger partial charge in [-0.05, 0) is 108 Å². The van der Waals surface area contributed by atoms with Gasteiger partial charge in [0.15, 0.2) is 0 Å². The van der Waals surface area contributed by atoms with Crippen molar-refractivity contribution < 1.29 is 0 Å². The average molecular weight is 766 g/mol. The normalized spacial score (nSPS) is 15.9. The molecule has 292 valence electrons. The predicted molar refractivity (Wildman–Crippen MR) is 251 cm³/mol. The lowest BCUT2D eigenvalue weighted by Crippen LogP contribution is -2.26. The van der Waals surface area contributed by atoms with Crippen molar-refractivity contribution in [2.45, 2.75) is 71.3 Å². The molecule has 0 spiro atoms. The number of fused-ring (bicyclic) bond motifs is 6. The Hall–Kier alpha value is -6.18. The van der Waals surface area contributed by atoms with Gasteiger partial charge in [-0.15, -0.1) is 0 Å². The maximum absolute atomic E-state index is 4.02. The van der Waals surface area contributed by atoms with E-state index >= 15 is 0 Å². The topological polar surface area (TPSA) is 12.0 Å². The molecule has 0 aliphatic heterocycles. The van der Waals surface area contributed by atoms with Gasteiger partial charge in [-0.2, -0.15) is 0 Å². The first-order chi connectivity index (χ1) is 28.6. The van der Waals surface area contributed by atoms with Gasteiger partial charge < -0.3 is 5.32 Å². The van der Waals surface area contributed by atoms with Gasteiger partial charge in [0.25, 0.3) is 0 Å². The lowest BCUT2D eigenvalue weighted by molar-refractivity contribution is 0.417. The molecule has 9 rings (SSSR count). The van der Waals surface area contributed by atoms with E-state index in [0.717, 1.165) is 12.8 Å². The van der Waals surface area contributed by atoms with Gasteiger partial charge in [0.1, 0.15) is 0 Å². The molecule has 0 aromatic heterocycles. The van der Waals surface area contributed by atoms with Crippen LogP contribution in [0.5, 0.6) is 0 Å². The number of hydrogen-bond donors (Lipinski definition) is 1. The van der Waals surface area contributed by atoms with E-state index in [1.54, 1.807) is 0 Å². The molecule has 59 heavy (non-hydrogen) atoms. The van der Waals surface area contributed by atoms with Gasteiger partial charge in [0.05, 0.1) is 6.04 Å². The summed E-state index contributed by atoms with van der Waals surface area (Å²) in [6, 6.07) is 65.5. The Morgan fingerprint density at radius 2 is 1.08 bits per heavy atom. The Balaban J connectivity index is 1.08. The summed E-state index contributed by atoms with van der Waals surface area (Å²) in [5.74, 6) is 0.465. The van der Waals surface area contributed by atoms with Crippen LogP contribution in [0.25, 0.3) is 39.1 Å². The zero-order chi connectivity index (χ0) is 40.7. The fraction of sp³-hybridized carbons (Fsp3) is 0.207. The molecule has 2 unspecified atom stereocenters. The van der Waals surface area contributed by atoms with Gasteiger partial charge >= 0.3 is 0 Å². The standard InChI is InChI=1S/C58H55N/c1-7-39(2)56(43-21-12-9-13-22-43)59-53(36-29-40-19-10-8-11-20-40)42-32-30-41(31-33-42)44-23-18-24-45(37-44)46-34-35-48-52(38-46)57(3,4)51-28-17-15-26-49(51)55-54(48)47-25-14-16-27-50(47)58(55,5)6/h8-28,30-39,56,59H,7,29H2,1-6H3/b53-36-. The van der Waals surface area contributed by atoms with Crippen LogP contribution >= 0.6 is 0 Å². The predicted octanol–water partition coefficient (Wildman–Crippen LogP) is 14.9. The molecule has 0 amide bonds. The summed E-state index contributed by atoms with van der Waals surface area (Å²) in [4.78, 5) is 0. The van der Waals surface area contributed by atoms with E-state index in [1.165, 1.54) is 89.2 Å². The maximum Gasteiger partial charge on any atom is 0.0539 e. The molecule has 7 aromatic rings. The highest BCUT2D eigenvalue weighted by Crippen LogP contribution is 2.58. The fourth-order valence-electron chi connectivity index (χ4n) is 9.86. The lowest BCUT2D eigenvalue weighted by atomic mass is 9.71. The van der Waals surface area contributed by atoms with E-state index in [-0.39, 0.29) is 16.9 Å². The molecule has 1 heteroatoms. The highest BCUT2D eigenvalue weighted by molar-refractivity contribution is 6.09. The van der Waals surface area contributed by atoms with Gasteiger partial charge in [-0.25, -0.2) is 0 Å². The monoisotopic (exact) mass is 765 g/mol. The Morgan fingerprint density at radius 3 is 1.78 bits per heavy atom. The molecule has 1 nitrogen and oxygen atoms in total. The Labute approximate surface area is 352 Å². The van der Waals surface area contributed by atoms with Gasteiger partial charge in [-0.1, -0.05) is 218 Å². The van der Waals surface area contributed by atoms with Crippen LogP contribution in [0.1, 0.15) is 104 Å². The van der Waals surface area contributed by atoms with E-state index in [9.17, 15) is 0 Å². The van der Waals surface area contributed by atoms with Crippen molar-refractivity contribution in [2.75, 3.05) is 0 Å². The molecule has 2 aliphatic rings. The van der Waals surface area contributed by atoms with Gasteiger partial charge in [0.2, 0.25) is 0 Å². The quantitative estimate of drug-likeness (QED) is 0.146. The van der Waals surface area contributed by atoms with Gasteiger partial charge in [0, 0.05) is 16.5 Å². The van der Waals surface area contributed by atoms with Crippen molar-refractivity contribution in [1.82, 2.24) is 5.32 Å². The minimum atomic E-state index is -0.195. The summed E-state index contributed by atoms with van der Waals surface area (Å²) < 4.78 is 0. The molecule has 0 saturated heterocycles. The summed E-state index contributed by atoms with van der Waals surface area (Å²) in [5, 5.41) is 4.02. The van der Waals surface area contributed by atoms with Crippen LogP contribution in [0.4, 0.5) is 0 Å². The third-order valence-corrected chi connectivity index (χ3v) is 13.4. The van der Waals surface area contributed by atoms with E-state index in [1.807, 2.05) is 0 Å². The van der Waals surface area contributed by atoms with Crippen LogP contribution in [-0.2, 0) is 17.3 Å². The molecule has 0 radical (unpaired) electrons. The van der Waals surface area contributed by atoms with Crippen molar-refractivity contribution in [3.05, 3.63) is 232 Å². The number of hydrogen-bond acceptors (Lipinski definition) is 1. The van der Waals surface area contributed by atoms with E-state index in [0.29, 0.717) is 5.92 Å². The molecule has 0 bridgehead atoms. The first-order valence-corrected chi connectivity index (χ1v) is 21.5. The van der Waals surface area contributed by atoms with Crippen LogP contribution in [0, 0.1) is 5.92 Å². The number of allylic oxidation sites excluding steroid dienone is 2. The molecule has 7 aromatic carbocycles. The second-order valence-electron chi connectivity index (χ2n) is 17.7. The number of benzene rings is 7. The van der Waals surface area contributed by atoms with Crippen LogP contribution < -0.4 is 5.32 Å². The van der Waals surface area contributed by atoms with Crippen molar-refractivity contribution in [2.24, 2.45) is 5.92 Å². The van der Waals surface area contributed by atoms with Crippen molar-refractivity contribution >= 4 is 16.8 Å². The fourth-order valence-corrected chi connectivity index (χ4v) is 9.86. The maximum atomic E-state index is 4.02. The largest absolute Gasteiger partial charge is 0.378 e. The minimum Gasteiger partial charge on any atom is -0.378 e. The smallest absolute Gasteiger partial charge is 0.0539 e. The molecule has 2 atom stereocenters. The summed E-state index contributed by atoms with van der Waals surface area (Å²) >= 11 is 0. The van der Waals surface area contributed by atoms with Crippen LogP contribution in [0.2, 0.25) is 0 Å². The molecule has 1 N–H and O–H groups in total. The van der Waals surface area contributed by atoms with E-state index in [2.05, 4.69) is 229 Å². The van der Waals surface area contributed by atoms with Crippen LogP contribution in [0.3, 0.4) is 0 Å².